The molecule has 0 unspecified atom stereocenters. The van der Waals surface area contributed by atoms with Crippen molar-refractivity contribution in [3.8, 4) is 11.5 Å². The Labute approximate surface area is 217 Å². The monoisotopic (exact) mass is 521 g/mol. The first-order chi connectivity index (χ1) is 17.7. The van der Waals surface area contributed by atoms with E-state index in [-0.39, 0.29) is 25.6 Å². The molecule has 0 saturated carbocycles. The number of allylic oxidation sites excluding steroid dienone is 2. The Morgan fingerprint density at radius 1 is 1.27 bits per heavy atom. The van der Waals surface area contributed by atoms with Gasteiger partial charge in [0.2, 0.25) is 6.79 Å². The van der Waals surface area contributed by atoms with Crippen molar-refractivity contribution in [1.29, 1.82) is 0 Å². The first-order valence-corrected chi connectivity index (χ1v) is 13.0. The minimum Gasteiger partial charge on any atom is -0.454 e. The lowest BCUT2D eigenvalue weighted by Crippen LogP contribution is -2.49. The molecule has 1 fully saturated rings. The standard InChI is InChI=1S/C28H38F3N3O3/c1-4-22(32-23-8-11-33(15-23)10-5-9-29)7-6-19(2)27-24-14-26-25(36-18-37-26)13-21(24)12-20(3)34(27)16-28(30,31)17-35/h4,6-7,13-14,20,23,27,32,35H,2,5,8-12,15-18H2,1,3H3/b7-6-,22-4+/t20-,23+,27-/m1/s1. The van der Waals surface area contributed by atoms with Crippen LogP contribution in [0, 0.1) is 0 Å². The number of aliphatic hydroxyl groups excluding tert-OH is 1. The summed E-state index contributed by atoms with van der Waals surface area (Å²) in [5, 5.41) is 12.8. The van der Waals surface area contributed by atoms with Gasteiger partial charge in [-0.2, -0.15) is 0 Å². The van der Waals surface area contributed by atoms with Crippen LogP contribution in [0.25, 0.3) is 0 Å². The van der Waals surface area contributed by atoms with Gasteiger partial charge >= 0.3 is 0 Å². The first kappa shape index (κ1) is 27.5. The van der Waals surface area contributed by atoms with Crippen molar-refractivity contribution in [1.82, 2.24) is 15.1 Å². The van der Waals surface area contributed by atoms with Crippen LogP contribution in [0.2, 0.25) is 0 Å². The molecule has 0 spiro atoms. The summed E-state index contributed by atoms with van der Waals surface area (Å²) in [6.07, 6.45) is 7.88. The summed E-state index contributed by atoms with van der Waals surface area (Å²) in [5.41, 5.74) is 3.46. The second-order valence-electron chi connectivity index (χ2n) is 10.2. The predicted molar refractivity (Wildman–Crippen MR) is 138 cm³/mol. The average Bonchev–Trinajstić information content (AvgIpc) is 3.53. The van der Waals surface area contributed by atoms with Crippen molar-refractivity contribution in [3.05, 3.63) is 59.3 Å². The summed E-state index contributed by atoms with van der Waals surface area (Å²) < 4.78 is 52.5. The normalized spacial score (nSPS) is 24.6. The van der Waals surface area contributed by atoms with Crippen molar-refractivity contribution in [3.63, 3.8) is 0 Å². The Morgan fingerprint density at radius 3 is 2.73 bits per heavy atom. The highest BCUT2D eigenvalue weighted by Gasteiger charge is 2.41. The molecule has 9 heteroatoms. The van der Waals surface area contributed by atoms with Gasteiger partial charge in [0.25, 0.3) is 5.92 Å². The molecule has 3 aliphatic rings. The van der Waals surface area contributed by atoms with E-state index >= 15 is 0 Å². The maximum Gasteiger partial charge on any atom is 0.283 e. The predicted octanol–water partition coefficient (Wildman–Crippen LogP) is 4.37. The third-order valence-electron chi connectivity index (χ3n) is 7.38. The lowest BCUT2D eigenvalue weighted by atomic mass is 9.84. The zero-order chi connectivity index (χ0) is 26.6. The summed E-state index contributed by atoms with van der Waals surface area (Å²) in [5.74, 6) is -1.98. The van der Waals surface area contributed by atoms with Crippen LogP contribution in [0.1, 0.15) is 43.9 Å². The molecule has 0 aromatic heterocycles. The van der Waals surface area contributed by atoms with Gasteiger partial charge in [-0.25, -0.2) is 8.78 Å². The van der Waals surface area contributed by atoms with Crippen LogP contribution in [0.4, 0.5) is 13.2 Å². The van der Waals surface area contributed by atoms with E-state index in [4.69, 9.17) is 9.47 Å². The summed E-state index contributed by atoms with van der Waals surface area (Å²) in [4.78, 5) is 3.98. The average molecular weight is 522 g/mol. The SMILES string of the molecule is C=C(/C=C\C(=C/C)N[C@H]1CCN(CCCF)C1)[C@@H]1c2cc3c(cc2C[C@@H](C)N1CC(F)(F)CO)OCO3. The quantitative estimate of drug-likeness (QED) is 0.422. The Balaban J connectivity index is 1.54. The maximum atomic E-state index is 14.4. The van der Waals surface area contributed by atoms with Crippen LogP contribution in [-0.4, -0.2) is 79.2 Å². The molecule has 0 radical (unpaired) electrons. The molecule has 0 bridgehead atoms. The van der Waals surface area contributed by atoms with Crippen LogP contribution in [-0.2, 0) is 6.42 Å². The summed E-state index contributed by atoms with van der Waals surface area (Å²) in [6.45, 7) is 8.74. The van der Waals surface area contributed by atoms with E-state index < -0.39 is 25.1 Å². The van der Waals surface area contributed by atoms with Crippen molar-refractivity contribution in [2.45, 2.75) is 57.2 Å². The van der Waals surface area contributed by atoms with Crippen LogP contribution < -0.4 is 14.8 Å². The van der Waals surface area contributed by atoms with Gasteiger partial charge in [-0.3, -0.25) is 9.29 Å². The molecule has 1 saturated heterocycles. The number of aliphatic hydroxyl groups is 1. The van der Waals surface area contributed by atoms with E-state index in [1.807, 2.05) is 44.2 Å². The largest absolute Gasteiger partial charge is 0.454 e. The number of hydrogen-bond acceptors (Lipinski definition) is 6. The molecular weight excluding hydrogens is 483 g/mol. The molecule has 204 valence electrons. The van der Waals surface area contributed by atoms with Crippen LogP contribution >= 0.6 is 0 Å². The zero-order valence-electron chi connectivity index (χ0n) is 21.7. The van der Waals surface area contributed by atoms with Gasteiger partial charge < -0.3 is 24.8 Å². The van der Waals surface area contributed by atoms with Gasteiger partial charge in [0.05, 0.1) is 19.3 Å². The van der Waals surface area contributed by atoms with Crippen LogP contribution in [0.3, 0.4) is 0 Å². The number of benzene rings is 1. The number of fused-ring (bicyclic) bond motifs is 2. The molecule has 0 amide bonds. The molecule has 3 atom stereocenters. The number of hydrogen-bond donors (Lipinski definition) is 2. The Hall–Kier alpha value is -2.49. The number of nitrogens with zero attached hydrogens (tertiary/aromatic N) is 2. The number of likely N-dealkylation sites (tertiary alicyclic amines) is 1. The van der Waals surface area contributed by atoms with E-state index in [2.05, 4.69) is 16.8 Å². The minimum atomic E-state index is -3.24. The Morgan fingerprint density at radius 2 is 2.03 bits per heavy atom. The fourth-order valence-corrected chi connectivity index (χ4v) is 5.46. The van der Waals surface area contributed by atoms with Crippen LogP contribution in [0.15, 0.2) is 48.2 Å². The molecule has 4 rings (SSSR count). The Bertz CT molecular complexity index is 1030. The van der Waals surface area contributed by atoms with E-state index in [1.165, 1.54) is 0 Å². The lowest BCUT2D eigenvalue weighted by molar-refractivity contribution is -0.0863. The van der Waals surface area contributed by atoms with E-state index in [0.717, 1.165) is 42.9 Å². The summed E-state index contributed by atoms with van der Waals surface area (Å²) in [7, 11) is 0. The highest BCUT2D eigenvalue weighted by molar-refractivity contribution is 5.53. The third kappa shape index (κ3) is 6.51. The van der Waals surface area contributed by atoms with Crippen molar-refractivity contribution in [2.75, 3.05) is 46.3 Å². The summed E-state index contributed by atoms with van der Waals surface area (Å²) in [6, 6.07) is 3.36. The number of ether oxygens (including phenoxy) is 2. The van der Waals surface area contributed by atoms with Gasteiger partial charge in [-0.1, -0.05) is 18.7 Å². The molecule has 3 aliphatic heterocycles. The smallest absolute Gasteiger partial charge is 0.283 e. The van der Waals surface area contributed by atoms with Crippen molar-refractivity contribution in [2.24, 2.45) is 0 Å². The molecule has 0 aliphatic carbocycles. The Kier molecular flexibility index (Phi) is 8.87. The number of halogens is 3. The molecule has 6 nitrogen and oxygen atoms in total. The molecule has 2 N–H and O–H groups in total. The van der Waals surface area contributed by atoms with E-state index in [1.54, 1.807) is 4.90 Å². The van der Waals surface area contributed by atoms with Crippen LogP contribution in [0.5, 0.6) is 11.5 Å². The molecule has 1 aromatic rings. The van der Waals surface area contributed by atoms with Gasteiger partial charge in [-0.15, -0.1) is 0 Å². The van der Waals surface area contributed by atoms with Crippen molar-refractivity contribution >= 4 is 0 Å². The zero-order valence-corrected chi connectivity index (χ0v) is 21.7. The second kappa shape index (κ2) is 11.9. The third-order valence-corrected chi connectivity index (χ3v) is 7.38. The minimum absolute atomic E-state index is 0.133. The van der Waals surface area contributed by atoms with E-state index in [0.29, 0.717) is 29.9 Å². The number of nitrogens with one attached hydrogen (secondary N) is 1. The second-order valence-corrected chi connectivity index (χ2v) is 10.2. The highest BCUT2D eigenvalue weighted by Crippen LogP contribution is 2.45. The summed E-state index contributed by atoms with van der Waals surface area (Å²) >= 11 is 0. The fraction of sp³-hybridized carbons (Fsp3) is 0.571. The molecular formula is C28H38F3N3O3. The van der Waals surface area contributed by atoms with Gasteiger partial charge in [0, 0.05) is 37.4 Å². The van der Waals surface area contributed by atoms with Gasteiger partial charge in [0.15, 0.2) is 11.5 Å². The molecule has 3 heterocycles. The number of alkyl halides is 3. The van der Waals surface area contributed by atoms with Crippen molar-refractivity contribution < 1.29 is 27.8 Å². The molecule has 1 aromatic carbocycles. The maximum absolute atomic E-state index is 14.4. The topological polar surface area (TPSA) is 57.2 Å². The van der Waals surface area contributed by atoms with Gasteiger partial charge in [0.1, 0.15) is 6.61 Å². The first-order valence-electron chi connectivity index (χ1n) is 13.0. The molecule has 37 heavy (non-hydrogen) atoms. The lowest BCUT2D eigenvalue weighted by Gasteiger charge is -2.43. The number of rotatable bonds is 11. The highest BCUT2D eigenvalue weighted by atomic mass is 19.3. The van der Waals surface area contributed by atoms with E-state index in [9.17, 15) is 18.3 Å². The fourth-order valence-electron chi connectivity index (χ4n) is 5.46. The van der Waals surface area contributed by atoms with Gasteiger partial charge in [-0.05, 0) is 68.0 Å².